The van der Waals surface area contributed by atoms with E-state index >= 15 is 0 Å². The Bertz CT molecular complexity index is 338. The van der Waals surface area contributed by atoms with Crippen LogP contribution in [-0.4, -0.2) is 7.05 Å². The molecule has 0 aromatic heterocycles. The summed E-state index contributed by atoms with van der Waals surface area (Å²) in [5, 5.41) is 3.31. The Labute approximate surface area is 95.0 Å². The van der Waals surface area contributed by atoms with Gasteiger partial charge in [0.05, 0.1) is 5.02 Å². The molecule has 3 heteroatoms. The van der Waals surface area contributed by atoms with Crippen LogP contribution in [0.25, 0.3) is 0 Å². The second kappa shape index (κ2) is 5.89. The Morgan fingerprint density at radius 2 is 2.33 bits per heavy atom. The van der Waals surface area contributed by atoms with Gasteiger partial charge in [0, 0.05) is 6.04 Å². The number of halogens is 2. The Morgan fingerprint density at radius 1 is 1.60 bits per heavy atom. The van der Waals surface area contributed by atoms with Crippen molar-refractivity contribution in [2.75, 3.05) is 7.05 Å². The van der Waals surface area contributed by atoms with Gasteiger partial charge in [0.15, 0.2) is 0 Å². The first-order valence-corrected chi connectivity index (χ1v) is 5.30. The lowest BCUT2D eigenvalue weighted by molar-refractivity contribution is 0.547. The molecule has 0 aliphatic heterocycles. The summed E-state index contributed by atoms with van der Waals surface area (Å²) < 4.78 is 13.2. The maximum atomic E-state index is 13.2. The maximum Gasteiger partial charge on any atom is 0.142 e. The molecular weight excluding hydrogens is 213 g/mol. The summed E-state index contributed by atoms with van der Waals surface area (Å²) in [4.78, 5) is 0. The number of nitrogens with one attached hydrogen (secondary N) is 1. The summed E-state index contributed by atoms with van der Waals surface area (Å²) in [5.74, 6) is -0.368. The molecule has 1 aromatic carbocycles. The van der Waals surface area contributed by atoms with Gasteiger partial charge in [0.2, 0.25) is 0 Å². The molecule has 0 spiro atoms. The summed E-state index contributed by atoms with van der Waals surface area (Å²) in [6.45, 7) is 3.67. The van der Waals surface area contributed by atoms with E-state index in [9.17, 15) is 4.39 Å². The molecule has 1 rings (SSSR count). The van der Waals surface area contributed by atoms with E-state index in [1.165, 1.54) is 6.07 Å². The topological polar surface area (TPSA) is 12.0 Å². The predicted octanol–water partition coefficient (Wildman–Crippen LogP) is 3.71. The Balaban J connectivity index is 2.82. The van der Waals surface area contributed by atoms with E-state index in [1.54, 1.807) is 6.07 Å². The van der Waals surface area contributed by atoms with Crippen molar-refractivity contribution in [3.8, 4) is 0 Å². The van der Waals surface area contributed by atoms with Crippen LogP contribution in [0.4, 0.5) is 4.39 Å². The highest BCUT2D eigenvalue weighted by molar-refractivity contribution is 6.30. The van der Waals surface area contributed by atoms with Gasteiger partial charge in [-0.2, -0.15) is 0 Å². The van der Waals surface area contributed by atoms with Crippen molar-refractivity contribution in [3.05, 3.63) is 47.3 Å². The smallest absolute Gasteiger partial charge is 0.142 e. The average molecular weight is 228 g/mol. The van der Waals surface area contributed by atoms with Gasteiger partial charge in [-0.05, 0) is 37.6 Å². The van der Waals surface area contributed by atoms with Crippen LogP contribution < -0.4 is 5.32 Å². The van der Waals surface area contributed by atoms with Crippen LogP contribution in [0, 0.1) is 5.82 Å². The standard InChI is InChI=1S/C12H15ClFN/c1-3-4-5-12(15-2)9-6-7-10(13)11(14)8-9/h3,6-8,12,15H,1,4-5H2,2H3. The minimum Gasteiger partial charge on any atom is -0.313 e. The number of allylic oxidation sites excluding steroid dienone is 1. The van der Waals surface area contributed by atoms with Gasteiger partial charge in [-0.1, -0.05) is 23.7 Å². The van der Waals surface area contributed by atoms with Gasteiger partial charge in [0.1, 0.15) is 5.82 Å². The molecule has 0 bridgehead atoms. The van der Waals surface area contributed by atoms with E-state index in [2.05, 4.69) is 11.9 Å². The van der Waals surface area contributed by atoms with Crippen LogP contribution in [0.3, 0.4) is 0 Å². The van der Waals surface area contributed by atoms with Crippen LogP contribution in [0.1, 0.15) is 24.4 Å². The molecule has 0 fully saturated rings. The first kappa shape index (κ1) is 12.2. The van der Waals surface area contributed by atoms with E-state index in [1.807, 2.05) is 19.2 Å². The summed E-state index contributed by atoms with van der Waals surface area (Å²) in [7, 11) is 1.86. The van der Waals surface area contributed by atoms with Gasteiger partial charge in [0.25, 0.3) is 0 Å². The van der Waals surface area contributed by atoms with Crippen molar-refractivity contribution in [3.63, 3.8) is 0 Å². The third kappa shape index (κ3) is 3.33. The minimum absolute atomic E-state index is 0.148. The number of benzene rings is 1. The van der Waals surface area contributed by atoms with Gasteiger partial charge in [-0.25, -0.2) is 4.39 Å². The van der Waals surface area contributed by atoms with Crippen molar-refractivity contribution in [2.24, 2.45) is 0 Å². The highest BCUT2D eigenvalue weighted by Gasteiger charge is 2.10. The third-order valence-electron chi connectivity index (χ3n) is 2.35. The highest BCUT2D eigenvalue weighted by Crippen LogP contribution is 2.23. The van der Waals surface area contributed by atoms with Crippen molar-refractivity contribution in [1.82, 2.24) is 5.32 Å². The fourth-order valence-electron chi connectivity index (χ4n) is 1.49. The Morgan fingerprint density at radius 3 is 2.87 bits per heavy atom. The monoisotopic (exact) mass is 227 g/mol. The molecule has 0 saturated carbocycles. The summed E-state index contributed by atoms with van der Waals surface area (Å²) in [6.07, 6.45) is 3.66. The lowest BCUT2D eigenvalue weighted by atomic mass is 10.0. The van der Waals surface area contributed by atoms with Crippen LogP contribution in [0.15, 0.2) is 30.9 Å². The summed E-state index contributed by atoms with van der Waals surface area (Å²) in [5.41, 5.74) is 0.918. The second-order valence-corrected chi connectivity index (χ2v) is 3.79. The zero-order valence-electron chi connectivity index (χ0n) is 8.76. The molecule has 0 amide bonds. The van der Waals surface area contributed by atoms with Crippen LogP contribution in [-0.2, 0) is 0 Å². The lowest BCUT2D eigenvalue weighted by Crippen LogP contribution is -2.16. The van der Waals surface area contributed by atoms with Crippen LogP contribution in [0.2, 0.25) is 5.02 Å². The summed E-state index contributed by atoms with van der Waals surface area (Å²) >= 11 is 5.62. The molecule has 0 aliphatic carbocycles. The van der Waals surface area contributed by atoms with E-state index in [0.717, 1.165) is 18.4 Å². The Kier molecular flexibility index (Phi) is 4.79. The molecule has 1 unspecified atom stereocenters. The molecular formula is C12H15ClFN. The molecule has 0 saturated heterocycles. The zero-order chi connectivity index (χ0) is 11.3. The molecule has 82 valence electrons. The van der Waals surface area contributed by atoms with Gasteiger partial charge < -0.3 is 5.32 Å². The molecule has 1 N–H and O–H groups in total. The maximum absolute atomic E-state index is 13.2. The molecule has 15 heavy (non-hydrogen) atoms. The third-order valence-corrected chi connectivity index (χ3v) is 2.66. The molecule has 0 aliphatic rings. The number of hydrogen-bond donors (Lipinski definition) is 1. The van der Waals surface area contributed by atoms with Crippen LogP contribution >= 0.6 is 11.6 Å². The number of hydrogen-bond acceptors (Lipinski definition) is 1. The molecule has 1 aromatic rings. The Hall–Kier alpha value is -0.860. The molecule has 1 atom stereocenters. The van der Waals surface area contributed by atoms with Gasteiger partial charge in [-0.3, -0.25) is 0 Å². The second-order valence-electron chi connectivity index (χ2n) is 3.38. The first-order chi connectivity index (χ1) is 7.19. The van der Waals surface area contributed by atoms with E-state index in [4.69, 9.17) is 11.6 Å². The van der Waals surface area contributed by atoms with E-state index < -0.39 is 0 Å². The van der Waals surface area contributed by atoms with E-state index in [0.29, 0.717) is 0 Å². The van der Waals surface area contributed by atoms with Crippen molar-refractivity contribution in [1.29, 1.82) is 0 Å². The summed E-state index contributed by atoms with van der Waals surface area (Å²) in [6, 6.07) is 5.06. The number of rotatable bonds is 5. The van der Waals surface area contributed by atoms with Gasteiger partial charge in [-0.15, -0.1) is 6.58 Å². The van der Waals surface area contributed by atoms with E-state index in [-0.39, 0.29) is 16.9 Å². The largest absolute Gasteiger partial charge is 0.313 e. The normalized spacial score (nSPS) is 12.5. The predicted molar refractivity (Wildman–Crippen MR) is 62.6 cm³/mol. The average Bonchev–Trinajstić information content (AvgIpc) is 2.24. The van der Waals surface area contributed by atoms with Crippen molar-refractivity contribution < 1.29 is 4.39 Å². The fraction of sp³-hybridized carbons (Fsp3) is 0.333. The highest BCUT2D eigenvalue weighted by atomic mass is 35.5. The molecule has 0 heterocycles. The fourth-order valence-corrected chi connectivity index (χ4v) is 1.61. The lowest BCUT2D eigenvalue weighted by Gasteiger charge is -2.15. The van der Waals surface area contributed by atoms with Gasteiger partial charge >= 0.3 is 0 Å². The van der Waals surface area contributed by atoms with Crippen molar-refractivity contribution in [2.45, 2.75) is 18.9 Å². The quantitative estimate of drug-likeness (QED) is 0.757. The molecule has 0 radical (unpaired) electrons. The first-order valence-electron chi connectivity index (χ1n) is 4.92. The van der Waals surface area contributed by atoms with Crippen LogP contribution in [0.5, 0.6) is 0 Å². The minimum atomic E-state index is -0.368. The van der Waals surface area contributed by atoms with Crippen molar-refractivity contribution >= 4 is 11.6 Å². The SMILES string of the molecule is C=CCCC(NC)c1ccc(Cl)c(F)c1. The molecule has 1 nitrogen and oxygen atoms in total. The zero-order valence-corrected chi connectivity index (χ0v) is 9.52.